The molecule has 1 fully saturated rings. The zero-order valence-corrected chi connectivity index (χ0v) is 12.7. The molecule has 1 aliphatic heterocycles. The summed E-state index contributed by atoms with van der Waals surface area (Å²) in [4.78, 5) is 26.5. The van der Waals surface area contributed by atoms with Gasteiger partial charge in [-0.15, -0.1) is 11.3 Å². The van der Waals surface area contributed by atoms with E-state index in [9.17, 15) is 9.59 Å². The Morgan fingerprint density at radius 3 is 2.55 bits per heavy atom. The first-order chi connectivity index (χ1) is 10.6. The van der Waals surface area contributed by atoms with Crippen LogP contribution in [-0.2, 0) is 4.74 Å². The standard InChI is InChI=1S/C16H16N2O3S/c17-15(19)11-3-5-12(6-4-11)16(20)18-7-8-21-13(10-18)14-2-1-9-22-14/h1-6,9,13H,7-8,10H2,(H2,17,19). The molecule has 6 heteroatoms. The smallest absolute Gasteiger partial charge is 0.254 e. The van der Waals surface area contributed by atoms with Crippen LogP contribution in [0.25, 0.3) is 0 Å². The molecule has 22 heavy (non-hydrogen) atoms. The number of carbonyl (C=O) groups excluding carboxylic acids is 2. The van der Waals surface area contributed by atoms with Crippen LogP contribution >= 0.6 is 11.3 Å². The number of primary amides is 1. The summed E-state index contributed by atoms with van der Waals surface area (Å²) in [5.41, 5.74) is 6.16. The highest BCUT2D eigenvalue weighted by atomic mass is 32.1. The summed E-state index contributed by atoms with van der Waals surface area (Å²) in [5, 5.41) is 2.00. The van der Waals surface area contributed by atoms with Crippen molar-refractivity contribution in [3.8, 4) is 0 Å². The Bertz CT molecular complexity index is 667. The van der Waals surface area contributed by atoms with Crippen molar-refractivity contribution in [2.75, 3.05) is 19.7 Å². The van der Waals surface area contributed by atoms with Crippen LogP contribution in [0, 0.1) is 0 Å². The van der Waals surface area contributed by atoms with Crippen molar-refractivity contribution < 1.29 is 14.3 Å². The fraction of sp³-hybridized carbons (Fsp3) is 0.250. The maximum absolute atomic E-state index is 12.6. The fourth-order valence-corrected chi connectivity index (χ4v) is 3.21. The molecule has 2 aromatic rings. The Morgan fingerprint density at radius 1 is 1.18 bits per heavy atom. The van der Waals surface area contributed by atoms with Crippen LogP contribution in [0.4, 0.5) is 0 Å². The average Bonchev–Trinajstić information content (AvgIpc) is 3.09. The molecular formula is C16H16N2O3S. The lowest BCUT2D eigenvalue weighted by Crippen LogP contribution is -2.42. The molecule has 1 atom stereocenters. The van der Waals surface area contributed by atoms with E-state index in [1.165, 1.54) is 0 Å². The van der Waals surface area contributed by atoms with E-state index in [-0.39, 0.29) is 12.0 Å². The molecule has 1 aliphatic rings. The highest BCUT2D eigenvalue weighted by molar-refractivity contribution is 7.10. The van der Waals surface area contributed by atoms with Gasteiger partial charge in [0, 0.05) is 22.5 Å². The van der Waals surface area contributed by atoms with E-state index in [1.54, 1.807) is 40.5 Å². The van der Waals surface area contributed by atoms with Crippen LogP contribution in [0.15, 0.2) is 41.8 Å². The molecule has 1 saturated heterocycles. The third-order valence-electron chi connectivity index (χ3n) is 3.63. The fourth-order valence-electron chi connectivity index (χ4n) is 2.44. The summed E-state index contributed by atoms with van der Waals surface area (Å²) in [6.45, 7) is 1.63. The molecule has 114 valence electrons. The van der Waals surface area contributed by atoms with Crippen molar-refractivity contribution in [1.29, 1.82) is 0 Å². The highest BCUT2D eigenvalue weighted by Gasteiger charge is 2.26. The molecule has 0 aliphatic carbocycles. The van der Waals surface area contributed by atoms with Crippen molar-refractivity contribution in [2.45, 2.75) is 6.10 Å². The number of rotatable bonds is 3. The van der Waals surface area contributed by atoms with E-state index in [2.05, 4.69) is 0 Å². The van der Waals surface area contributed by atoms with Gasteiger partial charge in [0.2, 0.25) is 5.91 Å². The van der Waals surface area contributed by atoms with Crippen LogP contribution in [0.1, 0.15) is 31.7 Å². The van der Waals surface area contributed by atoms with Gasteiger partial charge in [0.15, 0.2) is 0 Å². The van der Waals surface area contributed by atoms with Crippen molar-refractivity contribution >= 4 is 23.2 Å². The first kappa shape index (κ1) is 14.7. The van der Waals surface area contributed by atoms with Crippen LogP contribution in [-0.4, -0.2) is 36.4 Å². The predicted octanol–water partition coefficient (Wildman–Crippen LogP) is 2.06. The van der Waals surface area contributed by atoms with Gasteiger partial charge in [0.05, 0.1) is 13.2 Å². The third kappa shape index (κ3) is 3.03. The van der Waals surface area contributed by atoms with Gasteiger partial charge in [0.1, 0.15) is 6.10 Å². The first-order valence-electron chi connectivity index (χ1n) is 6.99. The highest BCUT2D eigenvalue weighted by Crippen LogP contribution is 2.26. The number of morpholine rings is 1. The van der Waals surface area contributed by atoms with Crippen LogP contribution in [0.2, 0.25) is 0 Å². The number of carbonyl (C=O) groups is 2. The Labute approximate surface area is 132 Å². The Kier molecular flexibility index (Phi) is 4.22. The molecule has 2 heterocycles. The zero-order chi connectivity index (χ0) is 15.5. The van der Waals surface area contributed by atoms with Gasteiger partial charge in [-0.3, -0.25) is 9.59 Å². The van der Waals surface area contributed by atoms with E-state index in [1.807, 2.05) is 17.5 Å². The molecule has 0 spiro atoms. The summed E-state index contributed by atoms with van der Waals surface area (Å²) in [5.74, 6) is -0.552. The van der Waals surface area contributed by atoms with Gasteiger partial charge in [-0.05, 0) is 35.7 Å². The number of amides is 2. The minimum atomic E-state index is -0.497. The van der Waals surface area contributed by atoms with Crippen LogP contribution in [0.5, 0.6) is 0 Å². The lowest BCUT2D eigenvalue weighted by Gasteiger charge is -2.32. The number of hydrogen-bond donors (Lipinski definition) is 1. The molecule has 1 aromatic heterocycles. The van der Waals surface area contributed by atoms with Crippen LogP contribution < -0.4 is 5.73 Å². The van der Waals surface area contributed by atoms with Gasteiger partial charge in [0.25, 0.3) is 5.91 Å². The second kappa shape index (κ2) is 6.29. The van der Waals surface area contributed by atoms with Crippen molar-refractivity contribution in [3.05, 3.63) is 57.8 Å². The minimum absolute atomic E-state index is 0.0547. The van der Waals surface area contributed by atoms with Crippen LogP contribution in [0.3, 0.4) is 0 Å². The lowest BCUT2D eigenvalue weighted by atomic mass is 10.1. The zero-order valence-electron chi connectivity index (χ0n) is 11.9. The SMILES string of the molecule is NC(=O)c1ccc(C(=O)N2CCOC(c3cccs3)C2)cc1. The molecule has 3 rings (SSSR count). The number of ether oxygens (including phenoxy) is 1. The quantitative estimate of drug-likeness (QED) is 0.942. The number of nitrogens with two attached hydrogens (primary N) is 1. The normalized spacial score (nSPS) is 18.2. The molecule has 0 saturated carbocycles. The summed E-state index contributed by atoms with van der Waals surface area (Å²) >= 11 is 1.63. The van der Waals surface area contributed by atoms with Gasteiger partial charge in [-0.25, -0.2) is 0 Å². The second-order valence-electron chi connectivity index (χ2n) is 5.07. The number of nitrogens with zero attached hydrogens (tertiary/aromatic N) is 1. The Hall–Kier alpha value is -2.18. The van der Waals surface area contributed by atoms with E-state index >= 15 is 0 Å². The molecule has 1 unspecified atom stereocenters. The van der Waals surface area contributed by atoms with E-state index in [0.717, 1.165) is 4.88 Å². The molecule has 2 N–H and O–H groups in total. The maximum Gasteiger partial charge on any atom is 0.254 e. The van der Waals surface area contributed by atoms with Gasteiger partial charge in [-0.2, -0.15) is 0 Å². The third-order valence-corrected chi connectivity index (χ3v) is 4.59. The largest absolute Gasteiger partial charge is 0.369 e. The lowest BCUT2D eigenvalue weighted by molar-refractivity contribution is -0.0211. The minimum Gasteiger partial charge on any atom is -0.369 e. The predicted molar refractivity (Wildman–Crippen MR) is 83.9 cm³/mol. The van der Waals surface area contributed by atoms with Crippen molar-refractivity contribution in [1.82, 2.24) is 4.90 Å². The monoisotopic (exact) mass is 316 g/mol. The van der Waals surface area contributed by atoms with Crippen molar-refractivity contribution in [3.63, 3.8) is 0 Å². The van der Waals surface area contributed by atoms with E-state index in [4.69, 9.17) is 10.5 Å². The molecule has 2 amide bonds. The Morgan fingerprint density at radius 2 is 1.91 bits per heavy atom. The molecular weight excluding hydrogens is 300 g/mol. The second-order valence-corrected chi connectivity index (χ2v) is 6.05. The Balaban J connectivity index is 1.72. The number of hydrogen-bond acceptors (Lipinski definition) is 4. The van der Waals surface area contributed by atoms with Crippen molar-refractivity contribution in [2.24, 2.45) is 5.73 Å². The molecule has 5 nitrogen and oxygen atoms in total. The molecule has 1 aromatic carbocycles. The molecule has 0 radical (unpaired) electrons. The number of thiophene rings is 1. The number of benzene rings is 1. The summed E-state index contributed by atoms with van der Waals surface area (Å²) in [6, 6.07) is 10.4. The summed E-state index contributed by atoms with van der Waals surface area (Å²) in [6.07, 6.45) is -0.0670. The maximum atomic E-state index is 12.6. The van der Waals surface area contributed by atoms with E-state index < -0.39 is 5.91 Å². The summed E-state index contributed by atoms with van der Waals surface area (Å²) in [7, 11) is 0. The van der Waals surface area contributed by atoms with Gasteiger partial charge >= 0.3 is 0 Å². The molecule has 0 bridgehead atoms. The average molecular weight is 316 g/mol. The summed E-state index contributed by atoms with van der Waals surface area (Å²) < 4.78 is 5.74. The van der Waals surface area contributed by atoms with Gasteiger partial charge in [-0.1, -0.05) is 6.07 Å². The van der Waals surface area contributed by atoms with E-state index in [0.29, 0.717) is 30.8 Å². The first-order valence-corrected chi connectivity index (χ1v) is 7.87. The van der Waals surface area contributed by atoms with Gasteiger partial charge < -0.3 is 15.4 Å². The topological polar surface area (TPSA) is 72.6 Å².